The van der Waals surface area contributed by atoms with Crippen molar-refractivity contribution in [2.75, 3.05) is 6.79 Å². The average molecular weight is 450 g/mol. The minimum atomic E-state index is -0.0988. The second kappa shape index (κ2) is 8.82. The maximum Gasteiger partial charge on any atom is 0.253 e. The lowest BCUT2D eigenvalue weighted by atomic mass is 10.1. The summed E-state index contributed by atoms with van der Waals surface area (Å²) < 4.78 is 10.9. The van der Waals surface area contributed by atoms with Crippen molar-refractivity contribution in [3.8, 4) is 11.5 Å². The Hall–Kier alpha value is -3.06. The fourth-order valence-corrected chi connectivity index (χ4v) is 5.01. The molecule has 0 amide bonds. The van der Waals surface area contributed by atoms with Crippen LogP contribution in [0, 0.1) is 0 Å². The molecule has 7 heteroatoms. The first-order valence-electron chi connectivity index (χ1n) is 11.2. The summed E-state index contributed by atoms with van der Waals surface area (Å²) >= 11 is 5.86. The molecule has 0 bridgehead atoms. The van der Waals surface area contributed by atoms with Crippen LogP contribution < -0.4 is 20.3 Å². The molecule has 3 aromatic rings. The van der Waals surface area contributed by atoms with Crippen LogP contribution in [-0.2, 0) is 6.54 Å². The number of aromatic amines is 1. The van der Waals surface area contributed by atoms with Gasteiger partial charge in [0.1, 0.15) is 0 Å². The molecule has 2 aromatic carbocycles. The quantitative estimate of drug-likeness (QED) is 0.554. The van der Waals surface area contributed by atoms with Crippen molar-refractivity contribution in [1.29, 1.82) is 0 Å². The minimum Gasteiger partial charge on any atom is -0.454 e. The van der Waals surface area contributed by atoms with Crippen molar-refractivity contribution in [3.05, 3.63) is 70.0 Å². The third-order valence-electron chi connectivity index (χ3n) is 6.42. The molecule has 2 aliphatic rings. The lowest BCUT2D eigenvalue weighted by Crippen LogP contribution is -2.46. The molecule has 0 spiro atoms. The van der Waals surface area contributed by atoms with Crippen LogP contribution in [0.4, 0.5) is 0 Å². The fourth-order valence-electron chi connectivity index (χ4n) is 4.62. The zero-order valence-corrected chi connectivity index (χ0v) is 18.9. The molecule has 1 aliphatic carbocycles. The van der Waals surface area contributed by atoms with Gasteiger partial charge in [-0.15, -0.1) is 0 Å². The van der Waals surface area contributed by atoms with E-state index in [2.05, 4.69) is 34.3 Å². The molecule has 1 fully saturated rings. The highest BCUT2D eigenvalue weighted by atomic mass is 32.1. The Morgan fingerprint density at radius 3 is 2.62 bits per heavy atom. The maximum atomic E-state index is 12.9. The lowest BCUT2D eigenvalue weighted by Gasteiger charge is -2.33. The first kappa shape index (κ1) is 20.8. The topological polar surface area (TPSA) is 66.6 Å². The Morgan fingerprint density at radius 1 is 1.16 bits per heavy atom. The Balaban J connectivity index is 1.42. The van der Waals surface area contributed by atoms with E-state index in [-0.39, 0.29) is 18.4 Å². The highest BCUT2D eigenvalue weighted by Gasteiger charge is 2.26. The summed E-state index contributed by atoms with van der Waals surface area (Å²) in [5.74, 6) is 1.37. The summed E-state index contributed by atoms with van der Waals surface area (Å²) in [6.45, 7) is 2.79. The summed E-state index contributed by atoms with van der Waals surface area (Å²) in [6, 6.07) is 16.4. The van der Waals surface area contributed by atoms with Gasteiger partial charge in [0.2, 0.25) is 6.79 Å². The van der Waals surface area contributed by atoms with E-state index in [9.17, 15) is 4.79 Å². The van der Waals surface area contributed by atoms with Crippen LogP contribution in [-0.4, -0.2) is 27.8 Å². The first-order chi connectivity index (χ1) is 15.6. The van der Waals surface area contributed by atoms with E-state index in [1.807, 2.05) is 36.4 Å². The summed E-state index contributed by atoms with van der Waals surface area (Å²) in [5, 5.41) is 5.11. The Kier molecular flexibility index (Phi) is 5.74. The van der Waals surface area contributed by atoms with E-state index in [1.165, 1.54) is 18.4 Å². The summed E-state index contributed by atoms with van der Waals surface area (Å²) in [6.07, 6.45) is 4.56. The number of pyridine rings is 1. The summed E-state index contributed by atoms with van der Waals surface area (Å²) in [5.41, 5.74) is 2.52. The van der Waals surface area contributed by atoms with Crippen molar-refractivity contribution in [1.82, 2.24) is 15.2 Å². The van der Waals surface area contributed by atoms with Crippen LogP contribution >= 0.6 is 12.2 Å². The molecular weight excluding hydrogens is 422 g/mol. The van der Waals surface area contributed by atoms with Crippen LogP contribution in [0.1, 0.15) is 49.8 Å². The Labute approximate surface area is 192 Å². The number of rotatable bonds is 5. The van der Waals surface area contributed by atoms with E-state index < -0.39 is 0 Å². The number of hydrogen-bond acceptors (Lipinski definition) is 4. The SMILES string of the molecule is CC(NC(=S)N(Cc1cc2cc3c(cc2[nH]c1=O)OCO3)C1CCCC1)c1ccccc1. The number of benzene rings is 2. The van der Waals surface area contributed by atoms with Crippen LogP contribution in [0.15, 0.2) is 53.3 Å². The van der Waals surface area contributed by atoms with Gasteiger partial charge in [-0.25, -0.2) is 0 Å². The monoisotopic (exact) mass is 449 g/mol. The van der Waals surface area contributed by atoms with Gasteiger partial charge in [-0.05, 0) is 49.7 Å². The molecule has 5 rings (SSSR count). The third kappa shape index (κ3) is 4.17. The van der Waals surface area contributed by atoms with Gasteiger partial charge in [0, 0.05) is 23.1 Å². The predicted molar refractivity (Wildman–Crippen MR) is 129 cm³/mol. The minimum absolute atomic E-state index is 0.0854. The predicted octanol–water partition coefficient (Wildman–Crippen LogP) is 4.64. The van der Waals surface area contributed by atoms with Gasteiger partial charge in [0.25, 0.3) is 5.56 Å². The highest BCUT2D eigenvalue weighted by Crippen LogP contribution is 2.35. The number of ether oxygens (including phenoxy) is 2. The Morgan fingerprint density at radius 2 is 1.88 bits per heavy atom. The highest BCUT2D eigenvalue weighted by molar-refractivity contribution is 7.80. The average Bonchev–Trinajstić information content (AvgIpc) is 3.48. The number of fused-ring (bicyclic) bond motifs is 2. The molecule has 0 saturated heterocycles. The first-order valence-corrected chi connectivity index (χ1v) is 11.6. The normalized spacial score (nSPS) is 16.3. The van der Waals surface area contributed by atoms with Crippen molar-refractivity contribution in [2.45, 2.75) is 51.2 Å². The van der Waals surface area contributed by atoms with Gasteiger partial charge in [0.15, 0.2) is 16.6 Å². The molecule has 1 atom stereocenters. The Bertz CT molecular complexity index is 1190. The largest absolute Gasteiger partial charge is 0.454 e. The standard InChI is InChI=1S/C25H27N3O3S/c1-16(17-7-3-2-4-8-17)26-25(32)28(20-9-5-6-10-20)14-19-11-18-12-22-23(31-15-30-22)13-21(18)27-24(19)29/h2-4,7-8,11-13,16,20H,5-6,9-10,14-15H2,1H3,(H,26,32)(H,27,29). The summed E-state index contributed by atoms with van der Waals surface area (Å²) in [7, 11) is 0. The fraction of sp³-hybridized carbons (Fsp3) is 0.360. The maximum absolute atomic E-state index is 12.9. The number of hydrogen-bond donors (Lipinski definition) is 2. The molecule has 6 nitrogen and oxygen atoms in total. The molecule has 32 heavy (non-hydrogen) atoms. The molecule has 1 unspecified atom stereocenters. The second-order valence-electron chi connectivity index (χ2n) is 8.56. The zero-order chi connectivity index (χ0) is 22.1. The second-order valence-corrected chi connectivity index (χ2v) is 8.95. The molecule has 166 valence electrons. The van der Waals surface area contributed by atoms with Gasteiger partial charge >= 0.3 is 0 Å². The van der Waals surface area contributed by atoms with E-state index in [0.29, 0.717) is 34.8 Å². The van der Waals surface area contributed by atoms with Gasteiger partial charge in [-0.1, -0.05) is 43.2 Å². The number of aromatic nitrogens is 1. The molecule has 1 aliphatic heterocycles. The van der Waals surface area contributed by atoms with Gasteiger partial charge in [-0.3, -0.25) is 4.79 Å². The van der Waals surface area contributed by atoms with E-state index in [1.54, 1.807) is 0 Å². The van der Waals surface area contributed by atoms with Crippen molar-refractivity contribution < 1.29 is 9.47 Å². The third-order valence-corrected chi connectivity index (χ3v) is 6.77. The lowest BCUT2D eigenvalue weighted by molar-refractivity contribution is 0.174. The van der Waals surface area contributed by atoms with Crippen molar-refractivity contribution in [2.24, 2.45) is 0 Å². The van der Waals surface area contributed by atoms with Crippen molar-refractivity contribution in [3.63, 3.8) is 0 Å². The molecule has 0 radical (unpaired) electrons. The van der Waals surface area contributed by atoms with Crippen LogP contribution in [0.2, 0.25) is 0 Å². The summed E-state index contributed by atoms with van der Waals surface area (Å²) in [4.78, 5) is 18.1. The number of thiocarbonyl (C=S) groups is 1. The zero-order valence-electron chi connectivity index (χ0n) is 18.1. The van der Waals surface area contributed by atoms with Crippen LogP contribution in [0.5, 0.6) is 11.5 Å². The van der Waals surface area contributed by atoms with E-state index >= 15 is 0 Å². The molecule has 2 heterocycles. The van der Waals surface area contributed by atoms with E-state index in [0.717, 1.165) is 23.7 Å². The van der Waals surface area contributed by atoms with Gasteiger partial charge in [0.05, 0.1) is 18.1 Å². The van der Waals surface area contributed by atoms with Gasteiger partial charge in [-0.2, -0.15) is 0 Å². The van der Waals surface area contributed by atoms with Crippen LogP contribution in [0.3, 0.4) is 0 Å². The van der Waals surface area contributed by atoms with Crippen molar-refractivity contribution >= 4 is 28.2 Å². The molecule has 1 saturated carbocycles. The molecule has 2 N–H and O–H groups in total. The smallest absolute Gasteiger partial charge is 0.253 e. The molecule has 1 aromatic heterocycles. The number of nitrogens with zero attached hydrogens (tertiary/aromatic N) is 1. The number of H-pyrrole nitrogens is 1. The van der Waals surface area contributed by atoms with E-state index in [4.69, 9.17) is 21.7 Å². The molecular formula is C25H27N3O3S. The van der Waals surface area contributed by atoms with Gasteiger partial charge < -0.3 is 24.7 Å². The van der Waals surface area contributed by atoms with Crippen LogP contribution in [0.25, 0.3) is 10.9 Å². The number of nitrogens with one attached hydrogen (secondary N) is 2.